The van der Waals surface area contributed by atoms with Crippen LogP contribution in [0.3, 0.4) is 0 Å². The Labute approximate surface area is 123 Å². The van der Waals surface area contributed by atoms with Crippen molar-refractivity contribution in [2.24, 2.45) is 0 Å². The van der Waals surface area contributed by atoms with Crippen molar-refractivity contribution in [1.29, 1.82) is 0 Å². The monoisotopic (exact) mass is 283 g/mol. The molecule has 1 N–H and O–H groups in total. The molecule has 2 aromatic rings. The minimum absolute atomic E-state index is 0.0150. The maximum Gasteiger partial charge on any atom is 0.221 e. The first kappa shape index (κ1) is 14.8. The Kier molecular flexibility index (Phi) is 5.10. The summed E-state index contributed by atoms with van der Waals surface area (Å²) >= 11 is 0. The molecular weight excluding hydrogens is 266 g/mol. The fraction of sp³-hybridized carbons (Fsp3) is 0.176. The summed E-state index contributed by atoms with van der Waals surface area (Å²) in [6, 6.07) is 16.6. The van der Waals surface area contributed by atoms with Crippen molar-refractivity contribution in [2.45, 2.75) is 13.3 Å². The van der Waals surface area contributed by atoms with Gasteiger partial charge in [-0.05, 0) is 17.7 Å². The summed E-state index contributed by atoms with van der Waals surface area (Å²) in [5.74, 6) is 0.301. The zero-order valence-electron chi connectivity index (χ0n) is 11.8. The second-order valence-corrected chi connectivity index (χ2v) is 4.67. The third kappa shape index (κ3) is 4.76. The van der Waals surface area contributed by atoms with E-state index in [4.69, 9.17) is 4.74 Å². The Bertz CT molecular complexity index is 623. The van der Waals surface area contributed by atoms with Gasteiger partial charge >= 0.3 is 0 Å². The number of nitrogens with one attached hydrogen (secondary N) is 1. The zero-order chi connectivity index (χ0) is 15.1. The van der Waals surface area contributed by atoms with Gasteiger partial charge in [0.1, 0.15) is 12.4 Å². The van der Waals surface area contributed by atoms with Crippen LogP contribution >= 0.6 is 0 Å². The molecule has 2 rings (SSSR count). The lowest BCUT2D eigenvalue weighted by Crippen LogP contribution is -2.15. The van der Waals surface area contributed by atoms with Gasteiger partial charge in [0.15, 0.2) is 5.78 Å². The van der Waals surface area contributed by atoms with Crippen LogP contribution in [0.25, 0.3) is 0 Å². The predicted molar refractivity (Wildman–Crippen MR) is 81.4 cm³/mol. The topological polar surface area (TPSA) is 55.4 Å². The molecule has 0 heterocycles. The summed E-state index contributed by atoms with van der Waals surface area (Å²) in [6.07, 6.45) is 0.336. The fourth-order valence-corrected chi connectivity index (χ4v) is 1.92. The van der Waals surface area contributed by atoms with Crippen molar-refractivity contribution >= 4 is 17.4 Å². The van der Waals surface area contributed by atoms with Crippen molar-refractivity contribution in [3.63, 3.8) is 0 Å². The van der Waals surface area contributed by atoms with Gasteiger partial charge in [0, 0.05) is 13.3 Å². The fourth-order valence-electron chi connectivity index (χ4n) is 1.92. The number of ketones is 1. The molecule has 0 atom stereocenters. The molecule has 0 aliphatic carbocycles. The SMILES string of the molecule is CC(=O)Nc1ccccc1OCC(=O)Cc1ccccc1. The van der Waals surface area contributed by atoms with Crippen LogP contribution in [0.15, 0.2) is 54.6 Å². The summed E-state index contributed by atoms with van der Waals surface area (Å²) in [5.41, 5.74) is 1.53. The van der Waals surface area contributed by atoms with E-state index in [1.165, 1.54) is 6.92 Å². The Morgan fingerprint density at radius 3 is 2.38 bits per heavy atom. The number of carbonyl (C=O) groups is 2. The van der Waals surface area contributed by atoms with Gasteiger partial charge in [-0.2, -0.15) is 0 Å². The van der Waals surface area contributed by atoms with Crippen LogP contribution in [-0.4, -0.2) is 18.3 Å². The quantitative estimate of drug-likeness (QED) is 0.887. The zero-order valence-corrected chi connectivity index (χ0v) is 11.8. The Balaban J connectivity index is 1.93. The number of benzene rings is 2. The van der Waals surface area contributed by atoms with Gasteiger partial charge in [0.25, 0.3) is 0 Å². The minimum atomic E-state index is -0.179. The van der Waals surface area contributed by atoms with Gasteiger partial charge in [-0.1, -0.05) is 42.5 Å². The summed E-state index contributed by atoms with van der Waals surface area (Å²) < 4.78 is 5.51. The minimum Gasteiger partial charge on any atom is -0.484 e. The highest BCUT2D eigenvalue weighted by molar-refractivity contribution is 5.90. The molecular formula is C17H17NO3. The van der Waals surface area contributed by atoms with E-state index in [1.807, 2.05) is 30.3 Å². The lowest BCUT2D eigenvalue weighted by molar-refractivity contribution is -0.120. The molecule has 4 nitrogen and oxygen atoms in total. The van der Waals surface area contributed by atoms with Gasteiger partial charge in [-0.25, -0.2) is 0 Å². The summed E-state index contributed by atoms with van der Waals surface area (Å²) in [6.45, 7) is 1.41. The Hall–Kier alpha value is -2.62. The first-order valence-electron chi connectivity index (χ1n) is 6.70. The molecule has 0 fully saturated rings. The molecule has 0 saturated carbocycles. The van der Waals surface area contributed by atoms with Crippen molar-refractivity contribution in [2.75, 3.05) is 11.9 Å². The van der Waals surface area contributed by atoms with Crippen LogP contribution in [0.2, 0.25) is 0 Å². The highest BCUT2D eigenvalue weighted by Gasteiger charge is 2.08. The van der Waals surface area contributed by atoms with E-state index < -0.39 is 0 Å². The van der Waals surface area contributed by atoms with Gasteiger partial charge in [0.05, 0.1) is 5.69 Å². The largest absolute Gasteiger partial charge is 0.484 e. The molecule has 0 aliphatic rings. The van der Waals surface area contributed by atoms with Gasteiger partial charge in [-0.15, -0.1) is 0 Å². The average Bonchev–Trinajstić information content (AvgIpc) is 2.47. The molecule has 0 unspecified atom stereocenters. The molecule has 1 amide bonds. The van der Waals surface area contributed by atoms with Crippen LogP contribution in [-0.2, 0) is 16.0 Å². The number of hydrogen-bond donors (Lipinski definition) is 1. The summed E-state index contributed by atoms with van der Waals surface area (Å²) in [4.78, 5) is 23.0. The second-order valence-electron chi connectivity index (χ2n) is 4.67. The number of amides is 1. The second kappa shape index (κ2) is 7.24. The van der Waals surface area contributed by atoms with Crippen molar-refractivity contribution in [3.05, 3.63) is 60.2 Å². The highest BCUT2D eigenvalue weighted by atomic mass is 16.5. The van der Waals surface area contributed by atoms with Crippen LogP contribution in [0.5, 0.6) is 5.75 Å². The number of para-hydroxylation sites is 2. The molecule has 0 radical (unpaired) electrons. The molecule has 0 spiro atoms. The molecule has 0 bridgehead atoms. The molecule has 21 heavy (non-hydrogen) atoms. The van der Waals surface area contributed by atoms with Crippen molar-refractivity contribution in [1.82, 2.24) is 0 Å². The first-order chi connectivity index (χ1) is 10.1. The molecule has 0 aromatic heterocycles. The molecule has 4 heteroatoms. The number of Topliss-reactive ketones (excluding diaryl/α,β-unsaturated/α-hetero) is 1. The van der Waals surface area contributed by atoms with Crippen LogP contribution in [0, 0.1) is 0 Å². The third-order valence-electron chi connectivity index (χ3n) is 2.83. The number of hydrogen-bond acceptors (Lipinski definition) is 3. The summed E-state index contributed by atoms with van der Waals surface area (Å²) in [5, 5.41) is 2.67. The number of carbonyl (C=O) groups excluding carboxylic acids is 2. The molecule has 0 saturated heterocycles. The average molecular weight is 283 g/mol. The van der Waals surface area contributed by atoms with Gasteiger partial charge in [0.2, 0.25) is 5.91 Å². The van der Waals surface area contributed by atoms with E-state index in [-0.39, 0.29) is 18.3 Å². The van der Waals surface area contributed by atoms with Crippen LogP contribution in [0.1, 0.15) is 12.5 Å². The normalized spacial score (nSPS) is 9.95. The lowest BCUT2D eigenvalue weighted by Gasteiger charge is -2.11. The van der Waals surface area contributed by atoms with E-state index in [0.717, 1.165) is 5.56 Å². The Morgan fingerprint density at radius 1 is 1.00 bits per heavy atom. The highest BCUT2D eigenvalue weighted by Crippen LogP contribution is 2.23. The van der Waals surface area contributed by atoms with Gasteiger partial charge in [-0.3, -0.25) is 9.59 Å². The number of rotatable bonds is 6. The predicted octanol–water partition coefficient (Wildman–Crippen LogP) is 2.84. The maximum atomic E-state index is 11.9. The molecule has 0 aliphatic heterocycles. The summed E-state index contributed by atoms with van der Waals surface area (Å²) in [7, 11) is 0. The molecule has 108 valence electrons. The number of anilines is 1. The van der Waals surface area contributed by atoms with E-state index in [9.17, 15) is 9.59 Å². The van der Waals surface area contributed by atoms with Crippen LogP contribution in [0.4, 0.5) is 5.69 Å². The number of ether oxygens (including phenoxy) is 1. The first-order valence-corrected chi connectivity index (χ1v) is 6.70. The van der Waals surface area contributed by atoms with Crippen molar-refractivity contribution in [3.8, 4) is 5.75 Å². The molecule has 2 aromatic carbocycles. The third-order valence-corrected chi connectivity index (χ3v) is 2.83. The van der Waals surface area contributed by atoms with E-state index in [0.29, 0.717) is 17.9 Å². The van der Waals surface area contributed by atoms with Crippen molar-refractivity contribution < 1.29 is 14.3 Å². The Morgan fingerprint density at radius 2 is 1.67 bits per heavy atom. The maximum absolute atomic E-state index is 11.9. The van der Waals surface area contributed by atoms with E-state index in [1.54, 1.807) is 24.3 Å². The van der Waals surface area contributed by atoms with E-state index in [2.05, 4.69) is 5.32 Å². The van der Waals surface area contributed by atoms with Gasteiger partial charge < -0.3 is 10.1 Å². The lowest BCUT2D eigenvalue weighted by atomic mass is 10.1. The standard InChI is InChI=1S/C17H17NO3/c1-13(19)18-16-9-5-6-10-17(16)21-12-15(20)11-14-7-3-2-4-8-14/h2-10H,11-12H2,1H3,(H,18,19). The van der Waals surface area contributed by atoms with E-state index >= 15 is 0 Å². The smallest absolute Gasteiger partial charge is 0.221 e. The van der Waals surface area contributed by atoms with Crippen LogP contribution < -0.4 is 10.1 Å².